The molecular formula is C17H19N5O3. The Morgan fingerprint density at radius 1 is 1.48 bits per heavy atom. The average Bonchev–Trinajstić information content (AvgIpc) is 3.13. The molecule has 0 fully saturated rings. The Labute approximate surface area is 144 Å². The maximum absolute atomic E-state index is 12.9. The second-order valence-corrected chi connectivity index (χ2v) is 5.81. The minimum absolute atomic E-state index is 0.167. The van der Waals surface area contributed by atoms with Crippen LogP contribution in [0.15, 0.2) is 40.5 Å². The average molecular weight is 341 g/mol. The summed E-state index contributed by atoms with van der Waals surface area (Å²) in [6.07, 6.45) is 4.66. The summed E-state index contributed by atoms with van der Waals surface area (Å²) < 4.78 is 8.62. The predicted molar refractivity (Wildman–Crippen MR) is 92.2 cm³/mol. The molecule has 0 aliphatic rings. The van der Waals surface area contributed by atoms with Crippen molar-refractivity contribution in [2.75, 3.05) is 7.05 Å². The Balaban J connectivity index is 2.04. The van der Waals surface area contributed by atoms with Gasteiger partial charge in [-0.15, -0.1) is 6.58 Å². The number of rotatable bonds is 5. The number of fused-ring (bicyclic) bond motifs is 1. The zero-order valence-corrected chi connectivity index (χ0v) is 14.4. The van der Waals surface area contributed by atoms with Gasteiger partial charge in [-0.1, -0.05) is 6.08 Å². The van der Waals surface area contributed by atoms with E-state index in [-0.39, 0.29) is 28.1 Å². The standard InChI is InChI=1S/C17H19N5O3/c1-5-8-22-10-18-15-14(17(22)24)13(11(2)25-15)16(23)20(3)9-12-6-7-19-21(12)4/h5-7,10H,1,8-9H2,2-4H3. The number of hydrogen-bond acceptors (Lipinski definition) is 5. The second-order valence-electron chi connectivity index (χ2n) is 5.81. The van der Waals surface area contributed by atoms with E-state index < -0.39 is 0 Å². The van der Waals surface area contributed by atoms with Crippen molar-refractivity contribution in [3.05, 3.63) is 58.6 Å². The predicted octanol–water partition coefficient (Wildman–Crippen LogP) is 1.49. The van der Waals surface area contributed by atoms with E-state index in [1.54, 1.807) is 30.9 Å². The van der Waals surface area contributed by atoms with Crippen LogP contribution in [0.25, 0.3) is 11.1 Å². The van der Waals surface area contributed by atoms with Gasteiger partial charge < -0.3 is 9.32 Å². The van der Waals surface area contributed by atoms with Gasteiger partial charge in [0.25, 0.3) is 11.5 Å². The minimum atomic E-state index is -0.320. The SMILES string of the molecule is C=CCn1cnc2oc(C)c(C(=O)N(C)Cc3ccnn3C)c2c1=O. The topological polar surface area (TPSA) is 86.2 Å². The third-order valence-corrected chi connectivity index (χ3v) is 4.06. The zero-order chi connectivity index (χ0) is 18.1. The van der Waals surface area contributed by atoms with Gasteiger partial charge in [0.05, 0.1) is 17.8 Å². The Bertz CT molecular complexity index is 1010. The van der Waals surface area contributed by atoms with Crippen molar-refractivity contribution >= 4 is 17.0 Å². The van der Waals surface area contributed by atoms with E-state index in [0.717, 1.165) is 5.69 Å². The summed E-state index contributed by atoms with van der Waals surface area (Å²) in [4.78, 5) is 31.3. The molecular weight excluding hydrogens is 322 g/mol. The van der Waals surface area contributed by atoms with Crippen LogP contribution in [0.2, 0.25) is 0 Å². The van der Waals surface area contributed by atoms with Crippen molar-refractivity contribution in [2.24, 2.45) is 7.05 Å². The highest BCUT2D eigenvalue weighted by Crippen LogP contribution is 2.22. The molecule has 0 N–H and O–H groups in total. The summed E-state index contributed by atoms with van der Waals surface area (Å²) in [6.45, 7) is 5.95. The van der Waals surface area contributed by atoms with Crippen molar-refractivity contribution in [3.63, 3.8) is 0 Å². The first-order valence-corrected chi connectivity index (χ1v) is 7.75. The number of allylic oxidation sites excluding steroid dienone is 1. The van der Waals surface area contributed by atoms with Crippen molar-refractivity contribution in [3.8, 4) is 0 Å². The van der Waals surface area contributed by atoms with Crippen LogP contribution >= 0.6 is 0 Å². The summed E-state index contributed by atoms with van der Waals surface area (Å²) in [5, 5.41) is 4.29. The van der Waals surface area contributed by atoms with Gasteiger partial charge in [0.2, 0.25) is 5.71 Å². The fourth-order valence-electron chi connectivity index (χ4n) is 2.73. The molecule has 0 spiro atoms. The number of furan rings is 1. The molecule has 130 valence electrons. The van der Waals surface area contributed by atoms with Gasteiger partial charge in [-0.2, -0.15) is 5.10 Å². The van der Waals surface area contributed by atoms with Crippen molar-refractivity contribution < 1.29 is 9.21 Å². The summed E-state index contributed by atoms with van der Waals surface area (Å²) >= 11 is 0. The number of hydrogen-bond donors (Lipinski definition) is 0. The van der Waals surface area contributed by atoms with E-state index >= 15 is 0 Å². The van der Waals surface area contributed by atoms with E-state index in [4.69, 9.17) is 4.42 Å². The van der Waals surface area contributed by atoms with Gasteiger partial charge in [0.1, 0.15) is 17.5 Å². The smallest absolute Gasteiger partial charge is 0.265 e. The van der Waals surface area contributed by atoms with Crippen LogP contribution in [0.1, 0.15) is 21.8 Å². The molecule has 0 aromatic carbocycles. The molecule has 0 saturated heterocycles. The van der Waals surface area contributed by atoms with Crippen LogP contribution in [0.4, 0.5) is 0 Å². The maximum Gasteiger partial charge on any atom is 0.265 e. The summed E-state index contributed by atoms with van der Waals surface area (Å²) in [6, 6.07) is 1.84. The zero-order valence-electron chi connectivity index (χ0n) is 14.4. The highest BCUT2D eigenvalue weighted by atomic mass is 16.3. The Morgan fingerprint density at radius 2 is 2.24 bits per heavy atom. The van der Waals surface area contributed by atoms with E-state index in [9.17, 15) is 9.59 Å². The molecule has 25 heavy (non-hydrogen) atoms. The Hall–Kier alpha value is -3.16. The van der Waals surface area contributed by atoms with Gasteiger partial charge in [0.15, 0.2) is 0 Å². The van der Waals surface area contributed by atoms with Crippen LogP contribution in [-0.4, -0.2) is 37.2 Å². The first-order chi connectivity index (χ1) is 11.9. The molecule has 0 aliphatic heterocycles. The number of aryl methyl sites for hydroxylation is 2. The molecule has 3 heterocycles. The van der Waals surface area contributed by atoms with Gasteiger partial charge in [0, 0.05) is 26.8 Å². The van der Waals surface area contributed by atoms with Gasteiger partial charge in [-0.05, 0) is 13.0 Å². The first kappa shape index (κ1) is 16.7. The van der Waals surface area contributed by atoms with Crippen LogP contribution in [0.5, 0.6) is 0 Å². The molecule has 3 rings (SSSR count). The largest absolute Gasteiger partial charge is 0.442 e. The normalized spacial score (nSPS) is 11.0. The van der Waals surface area contributed by atoms with Crippen molar-refractivity contribution in [1.82, 2.24) is 24.2 Å². The summed E-state index contributed by atoms with van der Waals surface area (Å²) in [7, 11) is 3.48. The third-order valence-electron chi connectivity index (χ3n) is 4.06. The molecule has 1 amide bonds. The summed E-state index contributed by atoms with van der Waals surface area (Å²) in [5.41, 5.74) is 0.971. The molecule has 0 atom stereocenters. The minimum Gasteiger partial charge on any atom is -0.442 e. The highest BCUT2D eigenvalue weighted by molar-refractivity contribution is 6.06. The fraction of sp³-hybridized carbons (Fsp3) is 0.294. The Morgan fingerprint density at radius 3 is 2.88 bits per heavy atom. The van der Waals surface area contributed by atoms with E-state index in [1.165, 1.54) is 15.8 Å². The maximum atomic E-state index is 12.9. The molecule has 8 nitrogen and oxygen atoms in total. The van der Waals surface area contributed by atoms with Crippen molar-refractivity contribution in [1.29, 1.82) is 0 Å². The van der Waals surface area contributed by atoms with E-state index in [1.807, 2.05) is 13.1 Å². The number of nitrogens with zero attached hydrogens (tertiary/aromatic N) is 5. The molecule has 3 aromatic rings. The number of carbonyl (C=O) groups excluding carboxylic acids is 1. The fourth-order valence-corrected chi connectivity index (χ4v) is 2.73. The lowest BCUT2D eigenvalue weighted by Crippen LogP contribution is -2.29. The molecule has 8 heteroatoms. The number of carbonyl (C=O) groups is 1. The van der Waals surface area contributed by atoms with Gasteiger partial charge in [-0.3, -0.25) is 18.8 Å². The summed E-state index contributed by atoms with van der Waals surface area (Å²) in [5.74, 6) is 0.0745. The van der Waals surface area contributed by atoms with E-state index in [0.29, 0.717) is 18.8 Å². The highest BCUT2D eigenvalue weighted by Gasteiger charge is 2.25. The molecule has 3 aromatic heterocycles. The van der Waals surface area contributed by atoms with Crippen LogP contribution in [0, 0.1) is 6.92 Å². The Kier molecular flexibility index (Phi) is 4.26. The lowest BCUT2D eigenvalue weighted by molar-refractivity contribution is 0.0782. The monoisotopic (exact) mass is 341 g/mol. The lowest BCUT2D eigenvalue weighted by Gasteiger charge is -2.17. The van der Waals surface area contributed by atoms with Crippen LogP contribution in [-0.2, 0) is 20.1 Å². The van der Waals surface area contributed by atoms with Crippen molar-refractivity contribution in [2.45, 2.75) is 20.0 Å². The number of amides is 1. The van der Waals surface area contributed by atoms with Gasteiger partial charge >= 0.3 is 0 Å². The number of aromatic nitrogens is 4. The van der Waals surface area contributed by atoms with E-state index in [2.05, 4.69) is 16.7 Å². The van der Waals surface area contributed by atoms with Crippen LogP contribution in [0.3, 0.4) is 0 Å². The molecule has 0 radical (unpaired) electrons. The third kappa shape index (κ3) is 2.86. The second kappa shape index (κ2) is 6.39. The molecule has 0 saturated carbocycles. The van der Waals surface area contributed by atoms with Gasteiger partial charge in [-0.25, -0.2) is 4.98 Å². The lowest BCUT2D eigenvalue weighted by atomic mass is 10.1. The molecule has 0 bridgehead atoms. The molecule has 0 aliphatic carbocycles. The molecule has 0 unspecified atom stereocenters. The first-order valence-electron chi connectivity index (χ1n) is 7.75. The van der Waals surface area contributed by atoms with Crippen LogP contribution < -0.4 is 5.56 Å². The quantitative estimate of drug-likeness (QED) is 0.656.